The Morgan fingerprint density at radius 2 is 2.27 bits per heavy atom. The number of aryl methyl sites for hydroxylation is 1. The van der Waals surface area contributed by atoms with E-state index < -0.39 is 0 Å². The van der Waals surface area contributed by atoms with Crippen molar-refractivity contribution in [2.75, 3.05) is 6.54 Å². The van der Waals surface area contributed by atoms with Crippen LogP contribution in [0.25, 0.3) is 0 Å². The van der Waals surface area contributed by atoms with Crippen molar-refractivity contribution in [2.45, 2.75) is 25.7 Å². The molecule has 0 spiro atoms. The highest BCUT2D eigenvalue weighted by atomic mass is 16.1. The zero-order valence-electron chi connectivity index (χ0n) is 8.94. The quantitative estimate of drug-likeness (QED) is 0.735. The number of Topliss-reactive ketones (excluding diaryl/α,β-unsaturated/α-hetero) is 1. The van der Waals surface area contributed by atoms with E-state index in [9.17, 15) is 4.79 Å². The van der Waals surface area contributed by atoms with E-state index in [2.05, 4.69) is 10.2 Å². The number of hydrogen-bond acceptors (Lipinski definition) is 4. The Labute approximate surface area is 88.6 Å². The van der Waals surface area contributed by atoms with Gasteiger partial charge in [0.15, 0.2) is 5.78 Å². The van der Waals surface area contributed by atoms with Gasteiger partial charge in [0.25, 0.3) is 0 Å². The van der Waals surface area contributed by atoms with E-state index >= 15 is 0 Å². The largest absolute Gasteiger partial charge is 0.329 e. The van der Waals surface area contributed by atoms with Gasteiger partial charge in [-0.05, 0) is 12.8 Å². The lowest BCUT2D eigenvalue weighted by Gasteiger charge is -2.23. The third-order valence-corrected chi connectivity index (χ3v) is 3.27. The van der Waals surface area contributed by atoms with Crippen LogP contribution in [0, 0.1) is 5.41 Å². The summed E-state index contributed by atoms with van der Waals surface area (Å²) < 4.78 is 0. The fourth-order valence-electron chi connectivity index (χ4n) is 2.30. The number of ketones is 1. The van der Waals surface area contributed by atoms with Gasteiger partial charge in [0, 0.05) is 19.0 Å². The number of rotatable bonds is 3. The average Bonchev–Trinajstić information content (AvgIpc) is 2.86. The van der Waals surface area contributed by atoms with Crippen LogP contribution in [0.2, 0.25) is 0 Å². The van der Waals surface area contributed by atoms with Crippen molar-refractivity contribution in [3.05, 3.63) is 11.9 Å². The molecule has 2 rings (SSSR count). The van der Waals surface area contributed by atoms with Gasteiger partial charge >= 0.3 is 0 Å². The molecule has 82 valence electrons. The second-order valence-corrected chi connectivity index (χ2v) is 4.24. The molecule has 5 heteroatoms. The average molecular weight is 208 g/mol. The summed E-state index contributed by atoms with van der Waals surface area (Å²) in [7, 11) is 1.71. The highest BCUT2D eigenvalue weighted by molar-refractivity contribution is 5.99. The predicted molar refractivity (Wildman–Crippen MR) is 55.3 cm³/mol. The first-order valence-corrected chi connectivity index (χ1v) is 5.29. The molecular formula is C10H16N4O. The summed E-state index contributed by atoms with van der Waals surface area (Å²) in [5, 5.41) is 7.97. The molecule has 1 aliphatic carbocycles. The van der Waals surface area contributed by atoms with E-state index in [1.807, 2.05) is 0 Å². The fourth-order valence-corrected chi connectivity index (χ4v) is 2.30. The summed E-state index contributed by atoms with van der Waals surface area (Å²) in [5.74, 6) is 0.0654. The molecule has 0 bridgehead atoms. The summed E-state index contributed by atoms with van der Waals surface area (Å²) in [6, 6.07) is 0. The summed E-state index contributed by atoms with van der Waals surface area (Å²) >= 11 is 0. The molecule has 0 saturated heterocycles. The number of nitrogens with two attached hydrogens (primary N) is 1. The monoisotopic (exact) mass is 208 g/mol. The summed E-state index contributed by atoms with van der Waals surface area (Å²) in [6.45, 7) is 0.419. The minimum atomic E-state index is -0.365. The van der Waals surface area contributed by atoms with Crippen LogP contribution in [0.5, 0.6) is 0 Å². The van der Waals surface area contributed by atoms with Crippen LogP contribution in [-0.2, 0) is 7.05 Å². The van der Waals surface area contributed by atoms with Gasteiger partial charge < -0.3 is 5.73 Å². The van der Waals surface area contributed by atoms with Crippen molar-refractivity contribution < 1.29 is 4.79 Å². The van der Waals surface area contributed by atoms with E-state index in [0.717, 1.165) is 25.7 Å². The lowest BCUT2D eigenvalue weighted by molar-refractivity contribution is 0.0803. The van der Waals surface area contributed by atoms with Gasteiger partial charge in [-0.2, -0.15) is 15.0 Å². The summed E-state index contributed by atoms with van der Waals surface area (Å²) in [5.41, 5.74) is 5.82. The molecule has 1 aromatic rings. The van der Waals surface area contributed by atoms with Crippen molar-refractivity contribution in [1.29, 1.82) is 0 Å². The highest BCUT2D eigenvalue weighted by Gasteiger charge is 2.41. The molecule has 0 aromatic carbocycles. The summed E-state index contributed by atoms with van der Waals surface area (Å²) in [4.78, 5) is 13.6. The van der Waals surface area contributed by atoms with Crippen molar-refractivity contribution in [2.24, 2.45) is 18.2 Å². The molecular weight excluding hydrogens is 192 g/mol. The van der Waals surface area contributed by atoms with E-state index in [4.69, 9.17) is 5.73 Å². The molecule has 1 saturated carbocycles. The number of hydrogen-bond donors (Lipinski definition) is 1. The molecule has 1 aromatic heterocycles. The molecule has 1 aliphatic rings. The van der Waals surface area contributed by atoms with Crippen molar-refractivity contribution >= 4 is 5.78 Å². The van der Waals surface area contributed by atoms with Crippen LogP contribution in [0.4, 0.5) is 0 Å². The molecule has 1 heterocycles. The maximum absolute atomic E-state index is 12.2. The Morgan fingerprint density at radius 3 is 2.73 bits per heavy atom. The topological polar surface area (TPSA) is 73.8 Å². The van der Waals surface area contributed by atoms with Gasteiger partial charge in [-0.15, -0.1) is 0 Å². The van der Waals surface area contributed by atoms with E-state index in [0.29, 0.717) is 12.2 Å². The molecule has 15 heavy (non-hydrogen) atoms. The molecule has 0 amide bonds. The number of carbonyl (C=O) groups is 1. The highest BCUT2D eigenvalue weighted by Crippen LogP contribution is 2.39. The normalized spacial score (nSPS) is 19.3. The third-order valence-electron chi connectivity index (χ3n) is 3.27. The zero-order chi connectivity index (χ0) is 10.9. The SMILES string of the molecule is Cn1ncc(C(=O)C2(CN)CCCC2)n1. The summed E-state index contributed by atoms with van der Waals surface area (Å²) in [6.07, 6.45) is 5.47. The van der Waals surface area contributed by atoms with Crippen LogP contribution in [0.1, 0.15) is 36.2 Å². The molecule has 0 unspecified atom stereocenters. The van der Waals surface area contributed by atoms with Crippen molar-refractivity contribution in [3.8, 4) is 0 Å². The van der Waals surface area contributed by atoms with Gasteiger partial charge in [0.05, 0.1) is 6.20 Å². The zero-order valence-corrected chi connectivity index (χ0v) is 8.94. The first kappa shape index (κ1) is 10.3. The maximum Gasteiger partial charge on any atom is 0.192 e. The Bertz CT molecular complexity index is 365. The van der Waals surface area contributed by atoms with Gasteiger partial charge in [0.1, 0.15) is 5.69 Å². The van der Waals surface area contributed by atoms with Gasteiger partial charge in [-0.1, -0.05) is 12.8 Å². The minimum Gasteiger partial charge on any atom is -0.329 e. The maximum atomic E-state index is 12.2. The second-order valence-electron chi connectivity index (χ2n) is 4.24. The van der Waals surface area contributed by atoms with E-state index in [1.54, 1.807) is 7.05 Å². The first-order chi connectivity index (χ1) is 7.18. The van der Waals surface area contributed by atoms with Crippen LogP contribution < -0.4 is 5.73 Å². The molecule has 2 N–H and O–H groups in total. The van der Waals surface area contributed by atoms with E-state index in [1.165, 1.54) is 11.0 Å². The van der Waals surface area contributed by atoms with Crippen LogP contribution in [0.3, 0.4) is 0 Å². The van der Waals surface area contributed by atoms with Crippen LogP contribution >= 0.6 is 0 Å². The Kier molecular flexibility index (Phi) is 2.56. The first-order valence-electron chi connectivity index (χ1n) is 5.29. The Morgan fingerprint density at radius 1 is 1.60 bits per heavy atom. The molecule has 0 radical (unpaired) electrons. The Balaban J connectivity index is 2.26. The molecule has 0 atom stereocenters. The second kappa shape index (κ2) is 3.73. The number of carbonyl (C=O) groups excluding carboxylic acids is 1. The molecule has 1 fully saturated rings. The van der Waals surface area contributed by atoms with Crippen molar-refractivity contribution in [1.82, 2.24) is 15.0 Å². The standard InChI is InChI=1S/C10H16N4O/c1-14-12-6-8(13-14)9(15)10(7-11)4-2-3-5-10/h6H,2-5,7,11H2,1H3. The van der Waals surface area contributed by atoms with Gasteiger partial charge in [-0.25, -0.2) is 0 Å². The fraction of sp³-hybridized carbons (Fsp3) is 0.700. The van der Waals surface area contributed by atoms with Crippen LogP contribution in [-0.4, -0.2) is 27.3 Å². The molecule has 0 aliphatic heterocycles. The lowest BCUT2D eigenvalue weighted by Crippen LogP contribution is -2.36. The predicted octanol–water partition coefficient (Wildman–Crippen LogP) is 0.517. The van der Waals surface area contributed by atoms with Gasteiger partial charge in [-0.3, -0.25) is 4.79 Å². The molecule has 5 nitrogen and oxygen atoms in total. The smallest absolute Gasteiger partial charge is 0.192 e. The van der Waals surface area contributed by atoms with E-state index in [-0.39, 0.29) is 11.2 Å². The number of aromatic nitrogens is 3. The third kappa shape index (κ3) is 1.67. The van der Waals surface area contributed by atoms with Gasteiger partial charge in [0.2, 0.25) is 0 Å². The van der Waals surface area contributed by atoms with Crippen LogP contribution in [0.15, 0.2) is 6.20 Å². The minimum absolute atomic E-state index is 0.0654. The van der Waals surface area contributed by atoms with Crippen molar-refractivity contribution in [3.63, 3.8) is 0 Å². The lowest BCUT2D eigenvalue weighted by atomic mass is 9.80. The Hall–Kier alpha value is -1.23. The number of nitrogens with zero attached hydrogens (tertiary/aromatic N) is 3.